The monoisotopic (exact) mass is 363 g/mol. The molecule has 0 N–H and O–H groups in total. The Morgan fingerprint density at radius 3 is 2.79 bits per heavy atom. The van der Waals surface area contributed by atoms with Crippen LogP contribution in [0.3, 0.4) is 0 Å². The largest absolute Gasteiger partial charge is 0.465 e. The van der Waals surface area contributed by atoms with Crippen molar-refractivity contribution < 1.29 is 14.3 Å². The second-order valence-electron chi connectivity index (χ2n) is 4.14. The fourth-order valence-electron chi connectivity index (χ4n) is 1.95. The Balaban J connectivity index is 2.52. The van der Waals surface area contributed by atoms with Gasteiger partial charge in [0.25, 0.3) is 0 Å². The van der Waals surface area contributed by atoms with Crippen molar-refractivity contribution in [2.24, 2.45) is 0 Å². The third-order valence-electron chi connectivity index (χ3n) is 2.84. The van der Waals surface area contributed by atoms with E-state index < -0.39 is 5.97 Å². The number of halogens is 2. The average molecular weight is 365 g/mol. The van der Waals surface area contributed by atoms with Crippen molar-refractivity contribution in [3.05, 3.63) is 27.2 Å². The van der Waals surface area contributed by atoms with E-state index in [2.05, 4.69) is 28.6 Å². The number of ether oxygens (including phenoxy) is 1. The van der Waals surface area contributed by atoms with Crippen LogP contribution in [0.1, 0.15) is 16.8 Å². The molecular weight excluding hydrogens is 354 g/mol. The standard InChI is InChI=1S/C12H11BrClNO3S/c1-18-12(17)7-3-8(13)9(14)4-10(7)15-5-6(19)2-11(15)16/h3-4,6,19H,2,5H2,1H3. The van der Waals surface area contributed by atoms with Gasteiger partial charge >= 0.3 is 5.97 Å². The van der Waals surface area contributed by atoms with E-state index >= 15 is 0 Å². The second kappa shape index (κ2) is 5.73. The van der Waals surface area contributed by atoms with Gasteiger partial charge in [-0.2, -0.15) is 12.6 Å². The lowest BCUT2D eigenvalue weighted by molar-refractivity contribution is -0.117. The highest BCUT2D eigenvalue weighted by Gasteiger charge is 2.31. The van der Waals surface area contributed by atoms with E-state index in [0.29, 0.717) is 33.7 Å². The number of anilines is 1. The van der Waals surface area contributed by atoms with Crippen LogP contribution >= 0.6 is 40.2 Å². The van der Waals surface area contributed by atoms with Gasteiger partial charge in [0.2, 0.25) is 5.91 Å². The number of carbonyl (C=O) groups is 2. The lowest BCUT2D eigenvalue weighted by Crippen LogP contribution is -2.27. The SMILES string of the molecule is COC(=O)c1cc(Br)c(Cl)cc1N1CC(S)CC1=O. The molecule has 4 nitrogen and oxygen atoms in total. The molecule has 7 heteroatoms. The molecule has 2 rings (SSSR count). The van der Waals surface area contributed by atoms with Crippen molar-refractivity contribution in [2.45, 2.75) is 11.7 Å². The Bertz CT molecular complexity index is 552. The Morgan fingerprint density at radius 2 is 2.26 bits per heavy atom. The first kappa shape index (κ1) is 14.7. The van der Waals surface area contributed by atoms with Gasteiger partial charge < -0.3 is 9.64 Å². The van der Waals surface area contributed by atoms with E-state index in [4.69, 9.17) is 16.3 Å². The van der Waals surface area contributed by atoms with Crippen molar-refractivity contribution in [3.8, 4) is 0 Å². The molecule has 1 saturated heterocycles. The Morgan fingerprint density at radius 1 is 1.58 bits per heavy atom. The van der Waals surface area contributed by atoms with E-state index in [0.717, 1.165) is 0 Å². The summed E-state index contributed by atoms with van der Waals surface area (Å²) in [5, 5.41) is 0.387. The van der Waals surface area contributed by atoms with Crippen LogP contribution in [0.2, 0.25) is 5.02 Å². The van der Waals surface area contributed by atoms with Gasteiger partial charge in [-0.1, -0.05) is 11.6 Å². The van der Waals surface area contributed by atoms with Crippen molar-refractivity contribution in [1.82, 2.24) is 0 Å². The molecule has 0 bridgehead atoms. The molecule has 102 valence electrons. The molecule has 1 unspecified atom stereocenters. The van der Waals surface area contributed by atoms with Crippen LogP contribution in [0.15, 0.2) is 16.6 Å². The quantitative estimate of drug-likeness (QED) is 0.648. The third-order valence-corrected chi connectivity index (χ3v) is 4.38. The maximum Gasteiger partial charge on any atom is 0.340 e. The van der Waals surface area contributed by atoms with Gasteiger partial charge in [-0.25, -0.2) is 4.79 Å². The molecule has 1 aliphatic rings. The Kier molecular flexibility index (Phi) is 4.43. The van der Waals surface area contributed by atoms with Crippen molar-refractivity contribution in [2.75, 3.05) is 18.6 Å². The molecule has 0 saturated carbocycles. The van der Waals surface area contributed by atoms with Crippen LogP contribution in [0.4, 0.5) is 5.69 Å². The number of esters is 1. The summed E-state index contributed by atoms with van der Waals surface area (Å²) >= 11 is 13.6. The molecule has 1 aromatic carbocycles. The predicted octanol–water partition coefficient (Wildman–Crippen LogP) is 2.92. The smallest absolute Gasteiger partial charge is 0.340 e. The first-order chi connectivity index (χ1) is 8.93. The van der Waals surface area contributed by atoms with Gasteiger partial charge in [-0.3, -0.25) is 4.79 Å². The summed E-state index contributed by atoms with van der Waals surface area (Å²) in [5.74, 6) is -0.591. The summed E-state index contributed by atoms with van der Waals surface area (Å²) < 4.78 is 5.31. The summed E-state index contributed by atoms with van der Waals surface area (Å²) in [4.78, 5) is 25.2. The first-order valence-electron chi connectivity index (χ1n) is 5.49. The highest BCUT2D eigenvalue weighted by molar-refractivity contribution is 9.10. The van der Waals surface area contributed by atoms with Crippen LogP contribution in [0.5, 0.6) is 0 Å². The minimum Gasteiger partial charge on any atom is -0.465 e. The van der Waals surface area contributed by atoms with Gasteiger partial charge in [0.1, 0.15) is 0 Å². The molecular formula is C12H11BrClNO3S. The number of amides is 1. The van der Waals surface area contributed by atoms with Crippen molar-refractivity contribution >= 4 is 57.7 Å². The first-order valence-corrected chi connectivity index (χ1v) is 7.18. The van der Waals surface area contributed by atoms with Gasteiger partial charge in [-0.05, 0) is 28.1 Å². The molecule has 1 heterocycles. The van der Waals surface area contributed by atoms with Crippen LogP contribution in [0.25, 0.3) is 0 Å². The summed E-state index contributed by atoms with van der Waals surface area (Å²) in [6.45, 7) is 0.448. The number of rotatable bonds is 2. The summed E-state index contributed by atoms with van der Waals surface area (Å²) in [6, 6.07) is 3.14. The van der Waals surface area contributed by atoms with Gasteiger partial charge in [0.05, 0.1) is 23.4 Å². The molecule has 1 fully saturated rings. The van der Waals surface area contributed by atoms with E-state index in [1.165, 1.54) is 12.0 Å². The molecule has 1 amide bonds. The van der Waals surface area contributed by atoms with E-state index in [-0.39, 0.29) is 11.2 Å². The highest BCUT2D eigenvalue weighted by Crippen LogP contribution is 2.34. The molecule has 1 aromatic rings. The van der Waals surface area contributed by atoms with E-state index in [1.807, 2.05) is 0 Å². The minimum absolute atomic E-state index is 0.0413. The summed E-state index contributed by atoms with van der Waals surface area (Å²) in [6.07, 6.45) is 0.345. The highest BCUT2D eigenvalue weighted by atomic mass is 79.9. The van der Waals surface area contributed by atoms with Crippen LogP contribution < -0.4 is 4.90 Å². The zero-order valence-corrected chi connectivity index (χ0v) is 13.3. The van der Waals surface area contributed by atoms with Crippen LogP contribution in [0, 0.1) is 0 Å². The number of benzene rings is 1. The summed E-state index contributed by atoms with van der Waals surface area (Å²) in [5.41, 5.74) is 0.760. The molecule has 0 aliphatic carbocycles. The number of thiol groups is 1. The third kappa shape index (κ3) is 2.90. The number of hydrogen-bond acceptors (Lipinski definition) is 4. The van der Waals surface area contributed by atoms with E-state index in [1.54, 1.807) is 12.1 Å². The molecule has 1 atom stereocenters. The minimum atomic E-state index is -0.511. The molecule has 1 aliphatic heterocycles. The summed E-state index contributed by atoms with van der Waals surface area (Å²) in [7, 11) is 1.29. The second-order valence-corrected chi connectivity index (χ2v) is 6.13. The maximum absolute atomic E-state index is 11.9. The lowest BCUT2D eigenvalue weighted by atomic mass is 10.1. The fraction of sp³-hybridized carbons (Fsp3) is 0.333. The van der Waals surface area contributed by atoms with E-state index in [9.17, 15) is 9.59 Å². The maximum atomic E-state index is 11.9. The average Bonchev–Trinajstić information content (AvgIpc) is 2.70. The Labute approximate surface area is 129 Å². The lowest BCUT2D eigenvalue weighted by Gasteiger charge is -2.20. The number of carbonyl (C=O) groups excluding carboxylic acids is 2. The molecule has 0 aromatic heterocycles. The fourth-order valence-corrected chi connectivity index (χ4v) is 2.78. The zero-order chi connectivity index (χ0) is 14.2. The molecule has 19 heavy (non-hydrogen) atoms. The van der Waals surface area contributed by atoms with Gasteiger partial charge in [0, 0.05) is 22.7 Å². The zero-order valence-electron chi connectivity index (χ0n) is 10.0. The Hall–Kier alpha value is -0.720. The normalized spacial score (nSPS) is 18.8. The van der Waals surface area contributed by atoms with Crippen LogP contribution in [-0.2, 0) is 9.53 Å². The number of methoxy groups -OCH3 is 1. The van der Waals surface area contributed by atoms with Crippen LogP contribution in [-0.4, -0.2) is 30.8 Å². The molecule has 0 radical (unpaired) electrons. The number of nitrogens with zero attached hydrogens (tertiary/aromatic N) is 1. The predicted molar refractivity (Wildman–Crippen MR) is 80.2 cm³/mol. The topological polar surface area (TPSA) is 46.6 Å². The number of hydrogen-bond donors (Lipinski definition) is 1. The molecule has 0 spiro atoms. The van der Waals surface area contributed by atoms with Gasteiger partial charge in [-0.15, -0.1) is 0 Å². The van der Waals surface area contributed by atoms with Crippen molar-refractivity contribution in [1.29, 1.82) is 0 Å². The van der Waals surface area contributed by atoms with Gasteiger partial charge in [0.15, 0.2) is 0 Å². The van der Waals surface area contributed by atoms with Crippen molar-refractivity contribution in [3.63, 3.8) is 0 Å².